The Bertz CT molecular complexity index is 1370. The summed E-state index contributed by atoms with van der Waals surface area (Å²) in [5.41, 5.74) is 9.55. The van der Waals surface area contributed by atoms with Crippen LogP contribution in [0.25, 0.3) is 22.2 Å². The Morgan fingerprint density at radius 1 is 1.02 bits per heavy atom. The molecule has 2 aliphatic carbocycles. The zero-order valence-electron chi connectivity index (χ0n) is 25.3. The third kappa shape index (κ3) is 6.94. The van der Waals surface area contributed by atoms with E-state index in [-0.39, 0.29) is 0 Å². The van der Waals surface area contributed by atoms with Crippen LogP contribution in [0.5, 0.6) is 5.75 Å². The summed E-state index contributed by atoms with van der Waals surface area (Å²) in [6.45, 7) is 14.5. The van der Waals surface area contributed by atoms with Crippen molar-refractivity contribution >= 4 is 16.9 Å². The highest BCUT2D eigenvalue weighted by atomic mass is 16.5. The van der Waals surface area contributed by atoms with E-state index in [0.29, 0.717) is 17.8 Å². The molecule has 2 unspecified atom stereocenters. The lowest BCUT2D eigenvalue weighted by atomic mass is 10.1. The smallest absolute Gasteiger partial charge is 0.146 e. The van der Waals surface area contributed by atoms with Gasteiger partial charge in [0.25, 0.3) is 0 Å². The van der Waals surface area contributed by atoms with Gasteiger partial charge in [-0.05, 0) is 73.9 Å². The van der Waals surface area contributed by atoms with Gasteiger partial charge in [-0.1, -0.05) is 31.6 Å². The standard InChI is InChI=1S/C32H42N6O2.C2H4/c1-3-5-26(6-4-13-36-14-16-37(17-15-36)22-39-2)38-20-29(30-31(33)34-21-35-32(30)38)23-7-10-27(11-8-23)40-28-12-9-24-18-25(24)19-28;1-2/h7-12,19-21,24-26H,3-6,13-18,22H2,1-2H3,(H2,33,34,35);1-2H2/t24?,25?,26-;/m0./s1. The van der Waals surface area contributed by atoms with Gasteiger partial charge in [0, 0.05) is 51.1 Å². The maximum Gasteiger partial charge on any atom is 0.146 e. The molecule has 0 radical (unpaired) electrons. The summed E-state index contributed by atoms with van der Waals surface area (Å²) in [5.74, 6) is 3.71. The third-order valence-corrected chi connectivity index (χ3v) is 8.62. The van der Waals surface area contributed by atoms with Gasteiger partial charge in [-0.25, -0.2) is 9.97 Å². The number of ether oxygens (including phenoxy) is 2. The van der Waals surface area contributed by atoms with Crippen LogP contribution in [0.1, 0.15) is 45.1 Å². The minimum atomic E-state index is 0.365. The number of nitrogen functional groups attached to an aromatic ring is 1. The van der Waals surface area contributed by atoms with Crippen LogP contribution >= 0.6 is 0 Å². The number of allylic oxidation sites excluding steroid dienone is 3. The zero-order valence-corrected chi connectivity index (χ0v) is 25.3. The fraction of sp³-hybridized carbons (Fsp3) is 0.471. The van der Waals surface area contributed by atoms with E-state index in [0.717, 1.165) is 105 Å². The van der Waals surface area contributed by atoms with Crippen LogP contribution in [0.4, 0.5) is 5.82 Å². The van der Waals surface area contributed by atoms with Gasteiger partial charge in [0.05, 0.1) is 12.1 Å². The minimum Gasteiger partial charge on any atom is -0.458 e. The number of piperazine rings is 1. The molecule has 1 saturated carbocycles. The first-order valence-corrected chi connectivity index (χ1v) is 15.4. The Hall–Kier alpha value is -3.46. The molecular formula is C34H46N6O2. The Labute approximate surface area is 250 Å². The Morgan fingerprint density at radius 2 is 1.79 bits per heavy atom. The summed E-state index contributed by atoms with van der Waals surface area (Å²) >= 11 is 0. The second-order valence-corrected chi connectivity index (χ2v) is 11.5. The number of rotatable bonds is 12. The lowest BCUT2D eigenvalue weighted by Gasteiger charge is -2.34. The molecule has 3 aromatic rings. The minimum absolute atomic E-state index is 0.365. The van der Waals surface area contributed by atoms with Crippen molar-refractivity contribution < 1.29 is 9.47 Å². The second-order valence-electron chi connectivity index (χ2n) is 11.5. The van der Waals surface area contributed by atoms with Crippen molar-refractivity contribution in [3.05, 3.63) is 73.9 Å². The SMILES string of the molecule is C=C.CCC[C@@H](CCCN1CCN(COC)CC1)n1cc(-c2ccc(OC3=CC4CC4C=C3)cc2)c2c(N)ncnc21. The summed E-state index contributed by atoms with van der Waals surface area (Å²) in [6.07, 6.45) is 16.2. The maximum absolute atomic E-state index is 6.46. The summed E-state index contributed by atoms with van der Waals surface area (Å²) in [5, 5.41) is 0.934. The molecular weight excluding hydrogens is 524 g/mol. The largest absolute Gasteiger partial charge is 0.458 e. The number of hydrogen-bond acceptors (Lipinski definition) is 7. The molecule has 224 valence electrons. The van der Waals surface area contributed by atoms with E-state index >= 15 is 0 Å². The molecule has 0 amide bonds. The molecule has 3 aliphatic rings. The van der Waals surface area contributed by atoms with Crippen molar-refractivity contribution in [1.29, 1.82) is 0 Å². The van der Waals surface area contributed by atoms with E-state index in [2.05, 4.69) is 76.0 Å². The normalized spacial score (nSPS) is 20.9. The second kappa shape index (κ2) is 14.1. The van der Waals surface area contributed by atoms with Crippen LogP contribution in [0.2, 0.25) is 0 Å². The van der Waals surface area contributed by atoms with E-state index in [4.69, 9.17) is 20.2 Å². The highest BCUT2D eigenvalue weighted by Gasteiger charge is 2.35. The van der Waals surface area contributed by atoms with Gasteiger partial charge < -0.3 is 24.7 Å². The van der Waals surface area contributed by atoms with Crippen molar-refractivity contribution in [3.63, 3.8) is 0 Å². The van der Waals surface area contributed by atoms with Crippen LogP contribution in [-0.4, -0.2) is 70.9 Å². The molecule has 1 aliphatic heterocycles. The average Bonchev–Trinajstić information content (AvgIpc) is 3.69. The number of nitrogens with zero attached hydrogens (tertiary/aromatic N) is 5. The van der Waals surface area contributed by atoms with Crippen LogP contribution in [-0.2, 0) is 4.74 Å². The summed E-state index contributed by atoms with van der Waals surface area (Å²) < 4.78 is 13.8. The molecule has 1 saturated heterocycles. The monoisotopic (exact) mass is 570 g/mol. The van der Waals surface area contributed by atoms with Gasteiger partial charge >= 0.3 is 0 Å². The molecule has 0 bridgehead atoms. The van der Waals surface area contributed by atoms with Crippen molar-refractivity contribution in [1.82, 2.24) is 24.3 Å². The molecule has 0 spiro atoms. The van der Waals surface area contributed by atoms with Gasteiger partial charge in [-0.3, -0.25) is 4.90 Å². The first kappa shape index (κ1) is 30.0. The molecule has 2 fully saturated rings. The first-order chi connectivity index (χ1) is 20.6. The number of methoxy groups -OCH3 is 1. The van der Waals surface area contributed by atoms with Gasteiger partial charge in [-0.15, -0.1) is 13.2 Å². The fourth-order valence-corrected chi connectivity index (χ4v) is 6.28. The van der Waals surface area contributed by atoms with E-state index in [1.807, 2.05) is 12.1 Å². The molecule has 2 N–H and O–H groups in total. The van der Waals surface area contributed by atoms with Crippen LogP contribution in [0.3, 0.4) is 0 Å². The summed E-state index contributed by atoms with van der Waals surface area (Å²) in [7, 11) is 1.77. The Balaban J connectivity index is 0.00000173. The fourth-order valence-electron chi connectivity index (χ4n) is 6.28. The Kier molecular flexibility index (Phi) is 10.1. The first-order valence-electron chi connectivity index (χ1n) is 15.4. The number of benzene rings is 1. The summed E-state index contributed by atoms with van der Waals surface area (Å²) in [6, 6.07) is 8.69. The zero-order chi connectivity index (χ0) is 29.5. The molecule has 3 atom stereocenters. The number of nitrogens with two attached hydrogens (primary N) is 1. The van der Waals surface area contributed by atoms with E-state index in [9.17, 15) is 0 Å². The molecule has 6 rings (SSSR count). The van der Waals surface area contributed by atoms with E-state index in [1.54, 1.807) is 13.4 Å². The Morgan fingerprint density at radius 3 is 2.50 bits per heavy atom. The molecule has 8 nitrogen and oxygen atoms in total. The topological polar surface area (TPSA) is 81.7 Å². The number of anilines is 1. The number of hydrogen-bond donors (Lipinski definition) is 1. The van der Waals surface area contributed by atoms with Crippen LogP contribution < -0.4 is 10.5 Å². The highest BCUT2D eigenvalue weighted by Crippen LogP contribution is 2.44. The highest BCUT2D eigenvalue weighted by molar-refractivity contribution is 6.00. The average molecular weight is 571 g/mol. The quantitative estimate of drug-likeness (QED) is 0.256. The van der Waals surface area contributed by atoms with Gasteiger partial charge in [-0.2, -0.15) is 0 Å². The van der Waals surface area contributed by atoms with Crippen molar-refractivity contribution in [2.45, 2.75) is 45.1 Å². The van der Waals surface area contributed by atoms with Crippen molar-refractivity contribution in [2.75, 3.05) is 52.3 Å². The molecule has 8 heteroatoms. The van der Waals surface area contributed by atoms with Gasteiger partial charge in [0.15, 0.2) is 0 Å². The molecule has 3 heterocycles. The van der Waals surface area contributed by atoms with Gasteiger partial charge in [0.1, 0.15) is 29.3 Å². The number of aromatic nitrogens is 3. The van der Waals surface area contributed by atoms with E-state index < -0.39 is 0 Å². The molecule has 1 aromatic carbocycles. The van der Waals surface area contributed by atoms with Crippen molar-refractivity contribution in [2.24, 2.45) is 11.8 Å². The predicted octanol–water partition coefficient (Wildman–Crippen LogP) is 6.29. The van der Waals surface area contributed by atoms with Crippen LogP contribution in [0, 0.1) is 11.8 Å². The molecule has 2 aromatic heterocycles. The summed E-state index contributed by atoms with van der Waals surface area (Å²) in [4.78, 5) is 14.0. The number of fused-ring (bicyclic) bond motifs is 2. The lowest BCUT2D eigenvalue weighted by Crippen LogP contribution is -2.47. The molecule has 42 heavy (non-hydrogen) atoms. The third-order valence-electron chi connectivity index (χ3n) is 8.62. The van der Waals surface area contributed by atoms with Gasteiger partial charge in [0.2, 0.25) is 0 Å². The lowest BCUT2D eigenvalue weighted by molar-refractivity contribution is 0.0264. The predicted molar refractivity (Wildman–Crippen MR) is 171 cm³/mol. The van der Waals surface area contributed by atoms with E-state index in [1.165, 1.54) is 6.42 Å². The maximum atomic E-state index is 6.46. The van der Waals surface area contributed by atoms with Crippen LogP contribution in [0.15, 0.2) is 73.9 Å². The van der Waals surface area contributed by atoms with Crippen molar-refractivity contribution in [3.8, 4) is 16.9 Å².